The molecule has 0 radical (unpaired) electrons. The molecule has 2 atom stereocenters. The summed E-state index contributed by atoms with van der Waals surface area (Å²) in [5.41, 5.74) is 0.341. The van der Waals surface area contributed by atoms with Crippen LogP contribution in [-0.4, -0.2) is 49.8 Å². The van der Waals surface area contributed by atoms with Gasteiger partial charge in [0.05, 0.1) is 6.10 Å². The van der Waals surface area contributed by atoms with Crippen molar-refractivity contribution in [2.75, 3.05) is 33.3 Å². The van der Waals surface area contributed by atoms with Gasteiger partial charge in [0.1, 0.15) is 0 Å². The standard InChI is InChI=1S/C13H26N2O/c1-13(7-3-4-8-14-13)11-15-9-5-6-12(10-15)16-2/h12,14H,3-11H2,1-2H3. The number of nitrogens with one attached hydrogen (secondary N) is 1. The first-order chi connectivity index (χ1) is 7.72. The van der Waals surface area contributed by atoms with Crippen molar-refractivity contribution in [3.63, 3.8) is 0 Å². The number of methoxy groups -OCH3 is 1. The lowest BCUT2D eigenvalue weighted by Gasteiger charge is -2.41. The number of piperidine rings is 2. The lowest BCUT2D eigenvalue weighted by atomic mass is 9.89. The minimum absolute atomic E-state index is 0.341. The van der Waals surface area contributed by atoms with Crippen LogP contribution in [0.2, 0.25) is 0 Å². The lowest BCUT2D eigenvalue weighted by molar-refractivity contribution is 0.0192. The summed E-state index contributed by atoms with van der Waals surface area (Å²) in [6, 6.07) is 0. The Morgan fingerprint density at radius 3 is 2.94 bits per heavy atom. The van der Waals surface area contributed by atoms with Crippen LogP contribution in [0.25, 0.3) is 0 Å². The maximum atomic E-state index is 5.48. The van der Waals surface area contributed by atoms with Crippen LogP contribution in [0.3, 0.4) is 0 Å². The van der Waals surface area contributed by atoms with Gasteiger partial charge in [0.25, 0.3) is 0 Å². The number of rotatable bonds is 3. The Bertz CT molecular complexity index is 214. The van der Waals surface area contributed by atoms with E-state index in [-0.39, 0.29) is 0 Å². The van der Waals surface area contributed by atoms with Crippen molar-refractivity contribution >= 4 is 0 Å². The van der Waals surface area contributed by atoms with E-state index >= 15 is 0 Å². The molecule has 2 saturated heterocycles. The third-order valence-electron chi connectivity index (χ3n) is 4.08. The van der Waals surface area contributed by atoms with Gasteiger partial charge in [0, 0.05) is 25.7 Å². The zero-order valence-electron chi connectivity index (χ0n) is 10.8. The fourth-order valence-corrected chi connectivity index (χ4v) is 3.10. The highest BCUT2D eigenvalue weighted by Crippen LogP contribution is 2.22. The fourth-order valence-electron chi connectivity index (χ4n) is 3.10. The maximum absolute atomic E-state index is 5.48. The Morgan fingerprint density at radius 1 is 1.38 bits per heavy atom. The molecular formula is C13H26N2O. The maximum Gasteiger partial charge on any atom is 0.0698 e. The van der Waals surface area contributed by atoms with E-state index in [9.17, 15) is 0 Å². The topological polar surface area (TPSA) is 24.5 Å². The second-order valence-corrected chi connectivity index (χ2v) is 5.68. The highest BCUT2D eigenvalue weighted by molar-refractivity contribution is 4.90. The molecule has 0 bridgehead atoms. The van der Waals surface area contributed by atoms with Crippen molar-refractivity contribution < 1.29 is 4.74 Å². The summed E-state index contributed by atoms with van der Waals surface area (Å²) >= 11 is 0. The highest BCUT2D eigenvalue weighted by Gasteiger charge is 2.30. The van der Waals surface area contributed by atoms with Crippen LogP contribution in [0, 0.1) is 0 Å². The molecule has 0 aromatic carbocycles. The number of nitrogens with zero attached hydrogens (tertiary/aromatic N) is 1. The van der Waals surface area contributed by atoms with Gasteiger partial charge < -0.3 is 10.1 Å². The fraction of sp³-hybridized carbons (Fsp3) is 1.00. The normalized spacial score (nSPS) is 37.5. The minimum atomic E-state index is 0.341. The largest absolute Gasteiger partial charge is 0.380 e. The molecule has 2 heterocycles. The average molecular weight is 226 g/mol. The number of likely N-dealkylation sites (tertiary alicyclic amines) is 1. The summed E-state index contributed by atoms with van der Waals surface area (Å²) in [5, 5.41) is 3.69. The van der Waals surface area contributed by atoms with Gasteiger partial charge in [-0.15, -0.1) is 0 Å². The number of hydrogen-bond donors (Lipinski definition) is 1. The Morgan fingerprint density at radius 2 is 2.25 bits per heavy atom. The van der Waals surface area contributed by atoms with E-state index in [4.69, 9.17) is 4.74 Å². The molecule has 3 heteroatoms. The van der Waals surface area contributed by atoms with E-state index in [1.54, 1.807) is 0 Å². The van der Waals surface area contributed by atoms with Crippen LogP contribution in [0.5, 0.6) is 0 Å². The van der Waals surface area contributed by atoms with Gasteiger partial charge >= 0.3 is 0 Å². The summed E-state index contributed by atoms with van der Waals surface area (Å²) in [5.74, 6) is 0. The van der Waals surface area contributed by atoms with Crippen LogP contribution < -0.4 is 5.32 Å². The molecule has 16 heavy (non-hydrogen) atoms. The molecule has 0 amide bonds. The van der Waals surface area contributed by atoms with Crippen LogP contribution in [0.4, 0.5) is 0 Å². The summed E-state index contributed by atoms with van der Waals surface area (Å²) in [4.78, 5) is 2.58. The summed E-state index contributed by atoms with van der Waals surface area (Å²) in [6.45, 7) is 7.12. The van der Waals surface area contributed by atoms with Crippen molar-refractivity contribution in [3.8, 4) is 0 Å². The van der Waals surface area contributed by atoms with Gasteiger partial charge in [-0.2, -0.15) is 0 Å². The van der Waals surface area contributed by atoms with Crippen LogP contribution in [0.1, 0.15) is 39.0 Å². The van der Waals surface area contributed by atoms with Crippen LogP contribution >= 0.6 is 0 Å². The second kappa shape index (κ2) is 5.48. The first-order valence-electron chi connectivity index (χ1n) is 6.72. The van der Waals surface area contributed by atoms with E-state index in [2.05, 4.69) is 17.1 Å². The molecule has 0 aliphatic carbocycles. The van der Waals surface area contributed by atoms with E-state index < -0.39 is 0 Å². The Hall–Kier alpha value is -0.120. The van der Waals surface area contributed by atoms with Gasteiger partial charge in [-0.1, -0.05) is 6.42 Å². The number of hydrogen-bond acceptors (Lipinski definition) is 3. The smallest absolute Gasteiger partial charge is 0.0698 e. The van der Waals surface area contributed by atoms with Gasteiger partial charge in [0.2, 0.25) is 0 Å². The molecule has 0 aromatic rings. The molecule has 0 saturated carbocycles. The molecule has 2 rings (SSSR count). The molecule has 2 unspecified atom stereocenters. The number of ether oxygens (including phenoxy) is 1. The Labute approximate surface area is 99.5 Å². The monoisotopic (exact) mass is 226 g/mol. The van der Waals surface area contributed by atoms with Crippen molar-refractivity contribution in [2.45, 2.75) is 50.7 Å². The van der Waals surface area contributed by atoms with Crippen LogP contribution in [0.15, 0.2) is 0 Å². The molecule has 1 N–H and O–H groups in total. The van der Waals surface area contributed by atoms with Gasteiger partial charge in [-0.3, -0.25) is 4.90 Å². The zero-order valence-corrected chi connectivity index (χ0v) is 10.8. The third-order valence-corrected chi connectivity index (χ3v) is 4.08. The van der Waals surface area contributed by atoms with Crippen LogP contribution in [-0.2, 0) is 4.74 Å². The molecule has 2 fully saturated rings. The summed E-state index contributed by atoms with van der Waals surface area (Å²) in [6.07, 6.45) is 7.02. The first-order valence-corrected chi connectivity index (χ1v) is 6.72. The second-order valence-electron chi connectivity index (χ2n) is 5.68. The van der Waals surface area contributed by atoms with Crippen molar-refractivity contribution in [1.82, 2.24) is 10.2 Å². The Kier molecular flexibility index (Phi) is 4.22. The zero-order chi connectivity index (χ0) is 11.4. The quantitative estimate of drug-likeness (QED) is 0.791. The summed E-state index contributed by atoms with van der Waals surface area (Å²) in [7, 11) is 1.84. The van der Waals surface area contributed by atoms with Gasteiger partial charge in [0.15, 0.2) is 0 Å². The molecule has 2 aliphatic rings. The summed E-state index contributed by atoms with van der Waals surface area (Å²) < 4.78 is 5.48. The highest BCUT2D eigenvalue weighted by atomic mass is 16.5. The predicted octanol–water partition coefficient (Wildman–Crippen LogP) is 1.63. The van der Waals surface area contributed by atoms with Crippen molar-refractivity contribution in [1.29, 1.82) is 0 Å². The lowest BCUT2D eigenvalue weighted by Crippen LogP contribution is -2.55. The predicted molar refractivity (Wildman–Crippen MR) is 66.7 cm³/mol. The molecule has 2 aliphatic heterocycles. The van der Waals surface area contributed by atoms with Crippen molar-refractivity contribution in [3.05, 3.63) is 0 Å². The Balaban J connectivity index is 1.83. The van der Waals surface area contributed by atoms with E-state index in [1.165, 1.54) is 51.7 Å². The van der Waals surface area contributed by atoms with Gasteiger partial charge in [-0.25, -0.2) is 0 Å². The SMILES string of the molecule is COC1CCCN(CC2(C)CCCCN2)C1. The molecular weight excluding hydrogens is 200 g/mol. The minimum Gasteiger partial charge on any atom is -0.380 e. The van der Waals surface area contributed by atoms with E-state index in [0.29, 0.717) is 11.6 Å². The molecule has 0 spiro atoms. The molecule has 0 aromatic heterocycles. The van der Waals surface area contributed by atoms with E-state index in [1.807, 2.05) is 7.11 Å². The third kappa shape index (κ3) is 3.19. The first kappa shape index (κ1) is 12.3. The van der Waals surface area contributed by atoms with Gasteiger partial charge in [-0.05, 0) is 45.7 Å². The van der Waals surface area contributed by atoms with Crippen molar-refractivity contribution in [2.24, 2.45) is 0 Å². The molecule has 3 nitrogen and oxygen atoms in total. The average Bonchev–Trinajstić information content (AvgIpc) is 2.29. The van der Waals surface area contributed by atoms with E-state index in [0.717, 1.165) is 6.54 Å². The molecule has 94 valence electrons.